The van der Waals surface area contributed by atoms with Gasteiger partial charge in [0, 0.05) is 5.88 Å². The Morgan fingerprint density at radius 3 is 2.67 bits per heavy atom. The SMILES string of the molecule is Cc1cc(F)ccc1C=C(CCl)C1CCCCC1. The molecule has 0 aliphatic heterocycles. The summed E-state index contributed by atoms with van der Waals surface area (Å²) in [5.74, 6) is 1.04. The van der Waals surface area contributed by atoms with Crippen LogP contribution in [0.4, 0.5) is 4.39 Å². The topological polar surface area (TPSA) is 0 Å². The fraction of sp³-hybridized carbons (Fsp3) is 0.500. The summed E-state index contributed by atoms with van der Waals surface area (Å²) in [6, 6.07) is 4.95. The summed E-state index contributed by atoms with van der Waals surface area (Å²) in [5, 5.41) is 0. The normalized spacial score (nSPS) is 18.1. The lowest BCUT2D eigenvalue weighted by molar-refractivity contribution is 0.405. The van der Waals surface area contributed by atoms with Crippen molar-refractivity contribution in [1.82, 2.24) is 0 Å². The second-order valence-electron chi connectivity index (χ2n) is 5.19. The largest absolute Gasteiger partial charge is 0.207 e. The first-order valence-corrected chi connectivity index (χ1v) is 7.26. The Morgan fingerprint density at radius 1 is 1.33 bits per heavy atom. The van der Waals surface area contributed by atoms with E-state index < -0.39 is 0 Å². The average Bonchev–Trinajstić information content (AvgIpc) is 2.39. The van der Waals surface area contributed by atoms with Gasteiger partial charge in [0.25, 0.3) is 0 Å². The molecule has 0 heterocycles. The lowest BCUT2D eigenvalue weighted by Gasteiger charge is -2.23. The number of rotatable bonds is 3. The van der Waals surface area contributed by atoms with Crippen molar-refractivity contribution in [3.05, 3.63) is 40.7 Å². The van der Waals surface area contributed by atoms with Crippen LogP contribution in [0.3, 0.4) is 0 Å². The summed E-state index contributed by atoms with van der Waals surface area (Å²) in [6.45, 7) is 1.95. The molecule has 1 aromatic rings. The predicted octanol–water partition coefficient (Wildman–Crippen LogP) is 5.34. The lowest BCUT2D eigenvalue weighted by atomic mass is 9.83. The summed E-state index contributed by atoms with van der Waals surface area (Å²) >= 11 is 6.09. The van der Waals surface area contributed by atoms with Crippen molar-refractivity contribution in [2.45, 2.75) is 39.0 Å². The Morgan fingerprint density at radius 2 is 2.06 bits per heavy atom. The molecule has 0 radical (unpaired) electrons. The minimum Gasteiger partial charge on any atom is -0.207 e. The Bertz CT molecular complexity index is 431. The zero-order chi connectivity index (χ0) is 13.0. The van der Waals surface area contributed by atoms with E-state index in [-0.39, 0.29) is 5.82 Å². The number of alkyl halides is 1. The van der Waals surface area contributed by atoms with Gasteiger partial charge in [0.05, 0.1) is 0 Å². The van der Waals surface area contributed by atoms with Crippen molar-refractivity contribution in [1.29, 1.82) is 0 Å². The third-order valence-electron chi connectivity index (χ3n) is 3.86. The highest BCUT2D eigenvalue weighted by Gasteiger charge is 2.17. The molecule has 98 valence electrons. The number of halogens is 2. The minimum atomic E-state index is -0.172. The lowest BCUT2D eigenvalue weighted by Crippen LogP contribution is -2.10. The summed E-state index contributed by atoms with van der Waals surface area (Å²) in [7, 11) is 0. The zero-order valence-corrected chi connectivity index (χ0v) is 11.6. The molecule has 0 amide bonds. The first kappa shape index (κ1) is 13.6. The first-order valence-electron chi connectivity index (χ1n) is 6.73. The number of hydrogen-bond donors (Lipinski definition) is 0. The molecule has 0 spiro atoms. The Kier molecular flexibility index (Phi) is 4.82. The third kappa shape index (κ3) is 3.35. The fourth-order valence-corrected chi connectivity index (χ4v) is 3.04. The number of aryl methyl sites for hydroxylation is 1. The molecule has 1 saturated carbocycles. The van der Waals surface area contributed by atoms with E-state index in [9.17, 15) is 4.39 Å². The van der Waals surface area contributed by atoms with Crippen LogP contribution in [0.1, 0.15) is 43.2 Å². The van der Waals surface area contributed by atoms with Gasteiger partial charge >= 0.3 is 0 Å². The van der Waals surface area contributed by atoms with Gasteiger partial charge in [-0.25, -0.2) is 4.39 Å². The van der Waals surface area contributed by atoms with Crippen molar-refractivity contribution in [2.24, 2.45) is 5.92 Å². The van der Waals surface area contributed by atoms with Crippen molar-refractivity contribution >= 4 is 17.7 Å². The smallest absolute Gasteiger partial charge is 0.123 e. The summed E-state index contributed by atoms with van der Waals surface area (Å²) in [4.78, 5) is 0. The third-order valence-corrected chi connectivity index (χ3v) is 4.17. The van der Waals surface area contributed by atoms with Crippen molar-refractivity contribution in [3.63, 3.8) is 0 Å². The van der Waals surface area contributed by atoms with Crippen molar-refractivity contribution in [2.75, 3.05) is 5.88 Å². The van der Waals surface area contributed by atoms with Crippen LogP contribution in [0.15, 0.2) is 23.8 Å². The van der Waals surface area contributed by atoms with E-state index in [0.29, 0.717) is 11.8 Å². The van der Waals surface area contributed by atoms with Crippen LogP contribution in [0.5, 0.6) is 0 Å². The molecule has 18 heavy (non-hydrogen) atoms. The Hall–Kier alpha value is -0.820. The molecule has 0 N–H and O–H groups in total. The van der Waals surface area contributed by atoms with Gasteiger partial charge in [-0.15, -0.1) is 11.6 Å². The predicted molar refractivity (Wildman–Crippen MR) is 76.4 cm³/mol. The van der Waals surface area contributed by atoms with Gasteiger partial charge in [-0.3, -0.25) is 0 Å². The quantitative estimate of drug-likeness (QED) is 0.648. The van der Waals surface area contributed by atoms with Crippen LogP contribution in [0.2, 0.25) is 0 Å². The van der Waals surface area contributed by atoms with E-state index >= 15 is 0 Å². The summed E-state index contributed by atoms with van der Waals surface area (Å²) < 4.78 is 13.1. The van der Waals surface area contributed by atoms with Crippen LogP contribution in [0, 0.1) is 18.7 Å². The molecule has 0 saturated heterocycles. The molecule has 0 unspecified atom stereocenters. The molecule has 2 heteroatoms. The molecule has 0 aromatic heterocycles. The minimum absolute atomic E-state index is 0.172. The van der Waals surface area contributed by atoms with E-state index in [2.05, 4.69) is 6.08 Å². The Labute approximate surface area is 114 Å². The second kappa shape index (κ2) is 6.38. The molecule has 1 fully saturated rings. The number of benzene rings is 1. The van der Waals surface area contributed by atoms with Crippen LogP contribution in [-0.4, -0.2) is 5.88 Å². The molecule has 0 bridgehead atoms. The van der Waals surface area contributed by atoms with E-state index in [1.165, 1.54) is 43.7 Å². The highest BCUT2D eigenvalue weighted by atomic mass is 35.5. The monoisotopic (exact) mass is 266 g/mol. The van der Waals surface area contributed by atoms with Gasteiger partial charge in [-0.1, -0.05) is 37.0 Å². The van der Waals surface area contributed by atoms with Gasteiger partial charge in [0.15, 0.2) is 0 Å². The zero-order valence-electron chi connectivity index (χ0n) is 10.9. The molecule has 0 atom stereocenters. The molecule has 1 aliphatic carbocycles. The number of allylic oxidation sites excluding steroid dienone is 1. The molecule has 0 nitrogen and oxygen atoms in total. The van der Waals surface area contributed by atoms with E-state index in [4.69, 9.17) is 11.6 Å². The van der Waals surface area contributed by atoms with Gasteiger partial charge in [0.1, 0.15) is 5.82 Å². The van der Waals surface area contributed by atoms with Crippen molar-refractivity contribution < 1.29 is 4.39 Å². The van der Waals surface area contributed by atoms with Crippen LogP contribution in [-0.2, 0) is 0 Å². The summed E-state index contributed by atoms with van der Waals surface area (Å²) in [6.07, 6.45) is 8.62. The van der Waals surface area contributed by atoms with Crippen LogP contribution >= 0.6 is 11.6 Å². The van der Waals surface area contributed by atoms with Gasteiger partial charge in [-0.2, -0.15) is 0 Å². The maximum atomic E-state index is 13.1. The Balaban J connectivity index is 2.22. The second-order valence-corrected chi connectivity index (χ2v) is 5.46. The standard InChI is InChI=1S/C16H20ClF/c1-12-9-16(18)8-7-14(12)10-15(11-17)13-5-3-2-4-6-13/h7-10,13H,2-6,11H2,1H3. The van der Waals surface area contributed by atoms with Crippen molar-refractivity contribution in [3.8, 4) is 0 Å². The molecule has 1 aromatic carbocycles. The molecular weight excluding hydrogens is 247 g/mol. The highest BCUT2D eigenvalue weighted by molar-refractivity contribution is 6.19. The average molecular weight is 267 g/mol. The van der Waals surface area contributed by atoms with Crippen LogP contribution in [0.25, 0.3) is 6.08 Å². The van der Waals surface area contributed by atoms with Gasteiger partial charge < -0.3 is 0 Å². The molecule has 1 aliphatic rings. The maximum Gasteiger partial charge on any atom is 0.123 e. The van der Waals surface area contributed by atoms with Gasteiger partial charge in [-0.05, 0) is 48.9 Å². The van der Waals surface area contributed by atoms with E-state index in [1.807, 2.05) is 13.0 Å². The number of hydrogen-bond acceptors (Lipinski definition) is 0. The first-order chi connectivity index (χ1) is 8.70. The fourth-order valence-electron chi connectivity index (χ4n) is 2.74. The maximum absolute atomic E-state index is 13.1. The molecule has 2 rings (SSSR count). The van der Waals surface area contributed by atoms with Gasteiger partial charge in [0.2, 0.25) is 0 Å². The molecular formula is C16H20ClF. The summed E-state index contributed by atoms with van der Waals surface area (Å²) in [5.41, 5.74) is 3.39. The van der Waals surface area contributed by atoms with E-state index in [0.717, 1.165) is 11.1 Å². The highest BCUT2D eigenvalue weighted by Crippen LogP contribution is 2.31. The van der Waals surface area contributed by atoms with E-state index in [1.54, 1.807) is 6.07 Å². The van der Waals surface area contributed by atoms with Crippen LogP contribution < -0.4 is 0 Å².